The number of amides is 1. The molecule has 0 radical (unpaired) electrons. The smallest absolute Gasteiger partial charge is 0.237 e. The summed E-state index contributed by atoms with van der Waals surface area (Å²) in [5, 5.41) is 13.7. The highest BCUT2D eigenvalue weighted by atomic mass is 16.3. The second-order valence-corrected chi connectivity index (χ2v) is 5.74. The summed E-state index contributed by atoms with van der Waals surface area (Å²) >= 11 is 0. The lowest BCUT2D eigenvalue weighted by Crippen LogP contribution is -2.47. The lowest BCUT2D eigenvalue weighted by atomic mass is 10.0. The molecule has 0 aliphatic heterocycles. The Hall–Kier alpha value is -1.85. The van der Waals surface area contributed by atoms with Crippen LogP contribution in [0.1, 0.15) is 25.8 Å². The molecule has 0 fully saturated rings. The van der Waals surface area contributed by atoms with E-state index in [4.69, 9.17) is 5.73 Å². The van der Waals surface area contributed by atoms with Gasteiger partial charge in [-0.05, 0) is 31.4 Å². The molecule has 2 atom stereocenters. The second-order valence-electron chi connectivity index (χ2n) is 5.74. The number of rotatable bonds is 6. The standard InChI is InChI=1S/C16H23N3O2/c1-3-16(2,21)10-19-15(20)13(17)8-11-9-18-14-7-5-4-6-12(11)14/h4-7,9,13,18,21H,3,8,10,17H2,1-2H3,(H,19,20). The van der Waals surface area contributed by atoms with Crippen LogP contribution in [-0.2, 0) is 11.2 Å². The van der Waals surface area contributed by atoms with Crippen LogP contribution >= 0.6 is 0 Å². The molecule has 2 rings (SSSR count). The maximum Gasteiger partial charge on any atom is 0.237 e. The van der Waals surface area contributed by atoms with E-state index in [1.807, 2.05) is 37.4 Å². The molecular weight excluding hydrogens is 266 g/mol. The van der Waals surface area contributed by atoms with Gasteiger partial charge in [0.2, 0.25) is 5.91 Å². The molecule has 1 aromatic carbocycles. The van der Waals surface area contributed by atoms with Crippen molar-refractivity contribution < 1.29 is 9.90 Å². The summed E-state index contributed by atoms with van der Waals surface area (Å²) in [5.74, 6) is -0.242. The van der Waals surface area contributed by atoms with Crippen molar-refractivity contribution in [3.63, 3.8) is 0 Å². The van der Waals surface area contributed by atoms with Gasteiger partial charge >= 0.3 is 0 Å². The molecule has 5 heteroatoms. The number of benzene rings is 1. The predicted molar refractivity (Wildman–Crippen MR) is 83.9 cm³/mol. The largest absolute Gasteiger partial charge is 0.388 e. The highest BCUT2D eigenvalue weighted by molar-refractivity contribution is 5.86. The zero-order valence-electron chi connectivity index (χ0n) is 12.5. The maximum atomic E-state index is 12.0. The number of H-pyrrole nitrogens is 1. The Balaban J connectivity index is 1.98. The van der Waals surface area contributed by atoms with Crippen molar-refractivity contribution in [2.75, 3.05) is 6.54 Å². The molecule has 0 bridgehead atoms. The quantitative estimate of drug-likeness (QED) is 0.646. The van der Waals surface area contributed by atoms with Crippen LogP contribution in [0.3, 0.4) is 0 Å². The molecule has 0 spiro atoms. The van der Waals surface area contributed by atoms with Crippen LogP contribution in [0, 0.1) is 0 Å². The van der Waals surface area contributed by atoms with Gasteiger partial charge in [0.15, 0.2) is 0 Å². The number of hydrogen-bond acceptors (Lipinski definition) is 3. The van der Waals surface area contributed by atoms with Gasteiger partial charge in [0.05, 0.1) is 11.6 Å². The van der Waals surface area contributed by atoms with E-state index >= 15 is 0 Å². The summed E-state index contributed by atoms with van der Waals surface area (Å²) in [7, 11) is 0. The first-order chi connectivity index (χ1) is 9.93. The summed E-state index contributed by atoms with van der Waals surface area (Å²) in [6.07, 6.45) is 2.93. The van der Waals surface area contributed by atoms with Crippen LogP contribution in [0.2, 0.25) is 0 Å². The summed E-state index contributed by atoms with van der Waals surface area (Å²) < 4.78 is 0. The number of aromatic amines is 1. The third kappa shape index (κ3) is 3.83. The van der Waals surface area contributed by atoms with Crippen molar-refractivity contribution in [3.8, 4) is 0 Å². The fourth-order valence-corrected chi connectivity index (χ4v) is 2.16. The topological polar surface area (TPSA) is 91.1 Å². The fourth-order valence-electron chi connectivity index (χ4n) is 2.16. The van der Waals surface area contributed by atoms with Gasteiger partial charge in [0, 0.05) is 23.6 Å². The molecule has 0 aliphatic carbocycles. The van der Waals surface area contributed by atoms with Gasteiger partial charge in [0.25, 0.3) is 0 Å². The van der Waals surface area contributed by atoms with Crippen LogP contribution in [0.15, 0.2) is 30.5 Å². The molecule has 114 valence electrons. The van der Waals surface area contributed by atoms with E-state index in [-0.39, 0.29) is 12.5 Å². The Morgan fingerprint density at radius 1 is 1.48 bits per heavy atom. The monoisotopic (exact) mass is 289 g/mol. The Kier molecular flexibility index (Phi) is 4.65. The normalized spacial score (nSPS) is 15.6. The lowest BCUT2D eigenvalue weighted by Gasteiger charge is -2.22. The average molecular weight is 289 g/mol. The van der Waals surface area contributed by atoms with E-state index < -0.39 is 11.6 Å². The highest BCUT2D eigenvalue weighted by Crippen LogP contribution is 2.18. The third-order valence-corrected chi connectivity index (χ3v) is 3.86. The number of hydrogen-bond donors (Lipinski definition) is 4. The lowest BCUT2D eigenvalue weighted by molar-refractivity contribution is -0.123. The first-order valence-corrected chi connectivity index (χ1v) is 7.23. The Labute approximate surface area is 124 Å². The van der Waals surface area contributed by atoms with Crippen molar-refractivity contribution in [2.24, 2.45) is 5.73 Å². The highest BCUT2D eigenvalue weighted by Gasteiger charge is 2.21. The van der Waals surface area contributed by atoms with E-state index in [0.29, 0.717) is 12.8 Å². The summed E-state index contributed by atoms with van der Waals surface area (Å²) in [5.41, 5.74) is 7.13. The summed E-state index contributed by atoms with van der Waals surface area (Å²) in [4.78, 5) is 15.2. The van der Waals surface area contributed by atoms with Gasteiger partial charge < -0.3 is 21.1 Å². The molecule has 1 heterocycles. The van der Waals surface area contributed by atoms with Gasteiger partial charge in [-0.25, -0.2) is 0 Å². The van der Waals surface area contributed by atoms with E-state index in [1.54, 1.807) is 6.92 Å². The van der Waals surface area contributed by atoms with Crippen molar-refractivity contribution in [2.45, 2.75) is 38.3 Å². The number of carbonyl (C=O) groups is 1. The first kappa shape index (κ1) is 15.5. The number of fused-ring (bicyclic) bond motifs is 1. The molecule has 2 aromatic rings. The maximum absolute atomic E-state index is 12.0. The Morgan fingerprint density at radius 2 is 2.19 bits per heavy atom. The van der Waals surface area contributed by atoms with Gasteiger partial charge in [-0.3, -0.25) is 4.79 Å². The van der Waals surface area contributed by atoms with Crippen molar-refractivity contribution >= 4 is 16.8 Å². The number of nitrogens with two attached hydrogens (primary N) is 1. The number of carbonyl (C=O) groups excluding carboxylic acids is 1. The number of para-hydroxylation sites is 1. The third-order valence-electron chi connectivity index (χ3n) is 3.86. The molecule has 1 aromatic heterocycles. The zero-order valence-corrected chi connectivity index (χ0v) is 12.5. The second kappa shape index (κ2) is 6.28. The number of aliphatic hydroxyl groups is 1. The van der Waals surface area contributed by atoms with Crippen molar-refractivity contribution in [3.05, 3.63) is 36.0 Å². The van der Waals surface area contributed by atoms with Crippen LogP contribution in [0.4, 0.5) is 0 Å². The Morgan fingerprint density at radius 3 is 2.90 bits per heavy atom. The van der Waals surface area contributed by atoms with Gasteiger partial charge in [-0.1, -0.05) is 25.1 Å². The molecule has 0 aliphatic rings. The zero-order chi connectivity index (χ0) is 15.5. The molecule has 5 nitrogen and oxygen atoms in total. The van der Waals surface area contributed by atoms with Crippen molar-refractivity contribution in [1.29, 1.82) is 0 Å². The molecule has 0 saturated heterocycles. The molecule has 21 heavy (non-hydrogen) atoms. The minimum atomic E-state index is -0.893. The van der Waals surface area contributed by atoms with E-state index in [2.05, 4.69) is 10.3 Å². The summed E-state index contributed by atoms with van der Waals surface area (Å²) in [6, 6.07) is 7.29. The summed E-state index contributed by atoms with van der Waals surface area (Å²) in [6.45, 7) is 3.78. The first-order valence-electron chi connectivity index (χ1n) is 7.23. The minimum absolute atomic E-state index is 0.212. The fraction of sp³-hybridized carbons (Fsp3) is 0.438. The molecule has 5 N–H and O–H groups in total. The van der Waals surface area contributed by atoms with E-state index in [9.17, 15) is 9.90 Å². The van der Waals surface area contributed by atoms with Gasteiger partial charge in [-0.2, -0.15) is 0 Å². The van der Waals surface area contributed by atoms with Crippen molar-refractivity contribution in [1.82, 2.24) is 10.3 Å². The van der Waals surface area contributed by atoms with Gasteiger partial charge in [0.1, 0.15) is 0 Å². The Bertz CT molecular complexity index is 619. The van der Waals surface area contributed by atoms with Gasteiger partial charge in [-0.15, -0.1) is 0 Å². The number of nitrogens with one attached hydrogen (secondary N) is 2. The average Bonchev–Trinajstić information content (AvgIpc) is 2.88. The SMILES string of the molecule is CCC(C)(O)CNC(=O)C(N)Cc1c[nH]c2ccccc12. The molecule has 2 unspecified atom stereocenters. The van der Waals surface area contributed by atoms with E-state index in [1.165, 1.54) is 0 Å². The molecular formula is C16H23N3O2. The van der Waals surface area contributed by atoms with E-state index in [0.717, 1.165) is 16.5 Å². The molecule has 1 amide bonds. The number of aromatic nitrogens is 1. The molecule has 0 saturated carbocycles. The van der Waals surface area contributed by atoms with Crippen LogP contribution in [-0.4, -0.2) is 34.2 Å². The van der Waals surface area contributed by atoms with Crippen LogP contribution in [0.25, 0.3) is 10.9 Å². The predicted octanol–water partition coefficient (Wildman–Crippen LogP) is 1.31. The minimum Gasteiger partial charge on any atom is -0.388 e. The van der Waals surface area contributed by atoms with Crippen LogP contribution < -0.4 is 11.1 Å². The van der Waals surface area contributed by atoms with Crippen LogP contribution in [0.5, 0.6) is 0 Å².